The number of nitrogens with zero attached hydrogens (tertiary/aromatic N) is 1. The van der Waals surface area contributed by atoms with Gasteiger partial charge in [-0.05, 0) is 98.4 Å². The summed E-state index contributed by atoms with van der Waals surface area (Å²) in [4.78, 5) is 2.92. The van der Waals surface area contributed by atoms with Gasteiger partial charge in [-0.15, -0.1) is 0 Å². The lowest BCUT2D eigenvalue weighted by molar-refractivity contribution is -0.0925. The molecule has 5 aliphatic rings. The molecule has 1 aliphatic heterocycles. The van der Waals surface area contributed by atoms with E-state index in [4.69, 9.17) is 10.5 Å². The van der Waals surface area contributed by atoms with Crippen molar-refractivity contribution in [3.8, 4) is 5.75 Å². The fraction of sp³-hybridized carbons (Fsp3) is 0.739. The van der Waals surface area contributed by atoms with E-state index in [0.717, 1.165) is 17.7 Å². The van der Waals surface area contributed by atoms with Gasteiger partial charge in [-0.25, -0.2) is 0 Å². The van der Waals surface area contributed by atoms with E-state index >= 15 is 0 Å². The third kappa shape index (κ3) is 1.82. The second-order valence-corrected chi connectivity index (χ2v) is 9.91. The molecule has 3 saturated carbocycles. The molecular formula is C23H32N2O. The summed E-state index contributed by atoms with van der Waals surface area (Å²) in [7, 11) is 1.81. The number of benzene rings is 1. The topological polar surface area (TPSA) is 38.5 Å². The summed E-state index contributed by atoms with van der Waals surface area (Å²) in [5.74, 6) is 2.69. The molecule has 1 aromatic carbocycles. The fourth-order valence-corrected chi connectivity index (χ4v) is 7.96. The number of fused-ring (bicyclic) bond motifs is 1. The molecule has 5 unspecified atom stereocenters. The normalized spacial score (nSPS) is 43.7. The molecule has 3 nitrogen and oxygen atoms in total. The second kappa shape index (κ2) is 5.26. The Bertz CT molecular complexity index is 744. The van der Waals surface area contributed by atoms with Crippen molar-refractivity contribution in [3.05, 3.63) is 29.3 Å². The Morgan fingerprint density at radius 3 is 2.81 bits per heavy atom. The minimum atomic E-state index is 0.317. The summed E-state index contributed by atoms with van der Waals surface area (Å²) in [5.41, 5.74) is 10.8. The van der Waals surface area contributed by atoms with Gasteiger partial charge in [0.25, 0.3) is 0 Å². The van der Waals surface area contributed by atoms with E-state index in [1.807, 2.05) is 0 Å². The van der Waals surface area contributed by atoms with E-state index in [2.05, 4.69) is 23.1 Å². The highest BCUT2D eigenvalue weighted by Gasteiger charge is 2.70. The molecule has 1 heterocycles. The second-order valence-electron chi connectivity index (χ2n) is 9.91. The lowest BCUT2D eigenvalue weighted by atomic mass is 9.43. The summed E-state index contributed by atoms with van der Waals surface area (Å²) in [6.07, 6.45) is 10.8. The number of methoxy groups -OCH3 is 1. The smallest absolute Gasteiger partial charge is 0.119 e. The molecule has 4 aliphatic carbocycles. The molecule has 4 fully saturated rings. The van der Waals surface area contributed by atoms with E-state index in [0.29, 0.717) is 22.8 Å². The van der Waals surface area contributed by atoms with Crippen molar-refractivity contribution in [2.45, 2.75) is 68.9 Å². The number of rotatable bonds is 3. The van der Waals surface area contributed by atoms with Crippen LogP contribution < -0.4 is 10.5 Å². The number of likely N-dealkylation sites (tertiary alicyclic amines) is 1. The Kier molecular flexibility index (Phi) is 3.23. The Balaban J connectivity index is 1.54. The standard InChI is InChI=1S/C23H32N2O/c1-26-17-5-4-16-12-21-22-8-6-18(20(24)7-9-22)23(22,19(16)13-17)10-11-25(21)14-15-2-3-15/h4-5,13,15,18,20-21H,2-3,6-12,14,24H2,1H3. The molecule has 0 aromatic heterocycles. The molecule has 4 bridgehead atoms. The van der Waals surface area contributed by atoms with Gasteiger partial charge < -0.3 is 10.5 Å². The maximum atomic E-state index is 6.76. The molecular weight excluding hydrogens is 320 g/mol. The van der Waals surface area contributed by atoms with Crippen molar-refractivity contribution in [2.75, 3.05) is 20.2 Å². The van der Waals surface area contributed by atoms with Crippen molar-refractivity contribution >= 4 is 0 Å². The van der Waals surface area contributed by atoms with Crippen LogP contribution in [0.15, 0.2) is 18.2 Å². The summed E-state index contributed by atoms with van der Waals surface area (Å²) in [6.45, 7) is 2.63. The van der Waals surface area contributed by atoms with Crippen molar-refractivity contribution < 1.29 is 4.74 Å². The van der Waals surface area contributed by atoms with Gasteiger partial charge in [0.2, 0.25) is 0 Å². The first-order valence-corrected chi connectivity index (χ1v) is 10.8. The summed E-state index contributed by atoms with van der Waals surface area (Å²) < 4.78 is 5.65. The average Bonchev–Trinajstić information content (AvgIpc) is 3.42. The van der Waals surface area contributed by atoms with Crippen molar-refractivity contribution in [1.29, 1.82) is 0 Å². The number of nitrogens with two attached hydrogens (primary N) is 1. The van der Waals surface area contributed by atoms with Gasteiger partial charge in [0.1, 0.15) is 5.75 Å². The lowest BCUT2D eigenvalue weighted by Crippen LogP contribution is -2.69. The summed E-state index contributed by atoms with van der Waals surface area (Å²) in [5, 5.41) is 0. The maximum absolute atomic E-state index is 6.76. The van der Waals surface area contributed by atoms with Gasteiger partial charge in [0.05, 0.1) is 7.11 Å². The molecule has 6 rings (SSSR count). The third-order valence-corrected chi connectivity index (χ3v) is 9.14. The highest BCUT2D eigenvalue weighted by atomic mass is 16.5. The van der Waals surface area contributed by atoms with Crippen LogP contribution in [0, 0.1) is 17.3 Å². The van der Waals surface area contributed by atoms with Crippen LogP contribution in [0.5, 0.6) is 5.75 Å². The minimum absolute atomic E-state index is 0.317. The molecule has 0 spiro atoms. The van der Waals surface area contributed by atoms with E-state index in [-0.39, 0.29) is 0 Å². The van der Waals surface area contributed by atoms with Crippen LogP contribution in [0.2, 0.25) is 0 Å². The first kappa shape index (κ1) is 15.9. The SMILES string of the molecule is COc1ccc2c(c1)C13CCN(CC4CC4)C(C2)C12CCC(N)C3CC2. The monoisotopic (exact) mass is 352 g/mol. The zero-order chi connectivity index (χ0) is 17.5. The van der Waals surface area contributed by atoms with Crippen LogP contribution in [0.3, 0.4) is 0 Å². The highest BCUT2D eigenvalue weighted by Crippen LogP contribution is 2.71. The van der Waals surface area contributed by atoms with Crippen molar-refractivity contribution in [2.24, 2.45) is 23.0 Å². The molecule has 3 heteroatoms. The van der Waals surface area contributed by atoms with Crippen LogP contribution in [0.25, 0.3) is 0 Å². The van der Waals surface area contributed by atoms with Crippen LogP contribution >= 0.6 is 0 Å². The zero-order valence-corrected chi connectivity index (χ0v) is 16.0. The van der Waals surface area contributed by atoms with Crippen LogP contribution in [-0.4, -0.2) is 37.2 Å². The largest absolute Gasteiger partial charge is 0.497 e. The Labute approximate surface area is 157 Å². The third-order valence-electron chi connectivity index (χ3n) is 9.14. The summed E-state index contributed by atoms with van der Waals surface area (Å²) in [6, 6.07) is 8.08. The Hall–Kier alpha value is -1.06. The lowest BCUT2D eigenvalue weighted by Gasteiger charge is -2.66. The molecule has 26 heavy (non-hydrogen) atoms. The molecule has 140 valence electrons. The molecule has 2 N–H and O–H groups in total. The van der Waals surface area contributed by atoms with Gasteiger partial charge in [-0.2, -0.15) is 0 Å². The van der Waals surface area contributed by atoms with Gasteiger partial charge in [-0.1, -0.05) is 6.07 Å². The minimum Gasteiger partial charge on any atom is -0.497 e. The predicted octanol–water partition coefficient (Wildman–Crippen LogP) is 3.49. The quantitative estimate of drug-likeness (QED) is 0.905. The summed E-state index contributed by atoms with van der Waals surface area (Å²) >= 11 is 0. The number of hydrogen-bond acceptors (Lipinski definition) is 3. The van der Waals surface area contributed by atoms with Crippen LogP contribution in [0.4, 0.5) is 0 Å². The number of piperidine rings is 1. The highest BCUT2D eigenvalue weighted by molar-refractivity contribution is 5.50. The predicted molar refractivity (Wildman–Crippen MR) is 103 cm³/mol. The van der Waals surface area contributed by atoms with Gasteiger partial charge in [-0.3, -0.25) is 4.90 Å². The Morgan fingerprint density at radius 2 is 2.00 bits per heavy atom. The van der Waals surface area contributed by atoms with Gasteiger partial charge >= 0.3 is 0 Å². The number of hydrogen-bond donors (Lipinski definition) is 1. The van der Waals surface area contributed by atoms with E-state index in [1.54, 1.807) is 18.2 Å². The van der Waals surface area contributed by atoms with E-state index < -0.39 is 0 Å². The first-order valence-electron chi connectivity index (χ1n) is 10.8. The van der Waals surface area contributed by atoms with Crippen molar-refractivity contribution in [3.63, 3.8) is 0 Å². The molecule has 5 atom stereocenters. The van der Waals surface area contributed by atoms with E-state index in [9.17, 15) is 0 Å². The average molecular weight is 353 g/mol. The van der Waals surface area contributed by atoms with Crippen molar-refractivity contribution in [1.82, 2.24) is 4.90 Å². The van der Waals surface area contributed by atoms with Crippen LogP contribution in [0.1, 0.15) is 56.1 Å². The molecule has 0 amide bonds. The van der Waals surface area contributed by atoms with Gasteiger partial charge in [0, 0.05) is 24.0 Å². The molecule has 1 aromatic rings. The van der Waals surface area contributed by atoms with Crippen LogP contribution in [-0.2, 0) is 11.8 Å². The van der Waals surface area contributed by atoms with Gasteiger partial charge in [0.15, 0.2) is 0 Å². The zero-order valence-electron chi connectivity index (χ0n) is 16.0. The first-order chi connectivity index (χ1) is 12.7. The fourth-order valence-electron chi connectivity index (χ4n) is 7.96. The Morgan fingerprint density at radius 1 is 1.15 bits per heavy atom. The molecule has 0 radical (unpaired) electrons. The van der Waals surface area contributed by atoms with E-state index in [1.165, 1.54) is 64.5 Å². The molecule has 1 saturated heterocycles. The number of ether oxygens (including phenoxy) is 1. The maximum Gasteiger partial charge on any atom is 0.119 e.